The molecule has 1 heterocycles. The molecule has 0 spiro atoms. The Hall–Kier alpha value is -1.29. The van der Waals surface area contributed by atoms with Crippen molar-refractivity contribution in [2.75, 3.05) is 24.5 Å². The van der Waals surface area contributed by atoms with Gasteiger partial charge in [-0.2, -0.15) is 0 Å². The lowest BCUT2D eigenvalue weighted by atomic mass is 10.1. The lowest BCUT2D eigenvalue weighted by molar-refractivity contribution is -0.119. The molecule has 0 aromatic heterocycles. The minimum absolute atomic E-state index is 0.0515. The second kappa shape index (κ2) is 6.75. The number of rotatable bonds is 4. The van der Waals surface area contributed by atoms with E-state index in [-0.39, 0.29) is 5.91 Å². The van der Waals surface area contributed by atoms with E-state index in [0.717, 1.165) is 23.9 Å². The SMILES string of the molecule is C=CCNC(=O)CN1CCCCc2cc(Br)ccc21. The predicted octanol–water partition coefficient (Wildman–Crippen LogP) is 2.89. The summed E-state index contributed by atoms with van der Waals surface area (Å²) in [7, 11) is 0. The molecule has 4 heteroatoms. The molecule has 0 unspecified atom stereocenters. The lowest BCUT2D eigenvalue weighted by Crippen LogP contribution is -2.37. The fourth-order valence-electron chi connectivity index (χ4n) is 2.38. The van der Waals surface area contributed by atoms with Crippen molar-refractivity contribution in [1.29, 1.82) is 0 Å². The van der Waals surface area contributed by atoms with E-state index >= 15 is 0 Å². The topological polar surface area (TPSA) is 32.3 Å². The van der Waals surface area contributed by atoms with Gasteiger partial charge in [0.15, 0.2) is 0 Å². The molecule has 0 bridgehead atoms. The van der Waals surface area contributed by atoms with Crippen molar-refractivity contribution in [3.8, 4) is 0 Å². The molecule has 1 aromatic carbocycles. The number of carbonyl (C=O) groups excluding carboxylic acids is 1. The predicted molar refractivity (Wildman–Crippen MR) is 82.5 cm³/mol. The Bertz CT molecular complexity index is 473. The van der Waals surface area contributed by atoms with Crippen molar-refractivity contribution >= 4 is 27.5 Å². The average molecular weight is 323 g/mol. The summed E-state index contributed by atoms with van der Waals surface area (Å²) >= 11 is 3.51. The van der Waals surface area contributed by atoms with E-state index < -0.39 is 0 Å². The van der Waals surface area contributed by atoms with Crippen molar-refractivity contribution in [2.45, 2.75) is 19.3 Å². The zero-order chi connectivity index (χ0) is 13.7. The number of halogens is 1. The molecule has 0 atom stereocenters. The van der Waals surface area contributed by atoms with Crippen LogP contribution in [0.4, 0.5) is 5.69 Å². The zero-order valence-electron chi connectivity index (χ0n) is 11.0. The van der Waals surface area contributed by atoms with Gasteiger partial charge in [-0.15, -0.1) is 6.58 Å². The van der Waals surface area contributed by atoms with Crippen LogP contribution in [0, 0.1) is 0 Å². The molecule has 102 valence electrons. The van der Waals surface area contributed by atoms with Gasteiger partial charge >= 0.3 is 0 Å². The maximum Gasteiger partial charge on any atom is 0.239 e. The summed E-state index contributed by atoms with van der Waals surface area (Å²) in [5.74, 6) is 0.0515. The third-order valence-electron chi connectivity index (χ3n) is 3.28. The molecule has 0 saturated heterocycles. The molecular formula is C15H19BrN2O. The highest BCUT2D eigenvalue weighted by atomic mass is 79.9. The molecule has 0 aliphatic carbocycles. The van der Waals surface area contributed by atoms with Crippen molar-refractivity contribution < 1.29 is 4.79 Å². The first kappa shape index (κ1) is 14.1. The van der Waals surface area contributed by atoms with E-state index in [9.17, 15) is 4.79 Å². The summed E-state index contributed by atoms with van der Waals surface area (Å²) in [6, 6.07) is 6.31. The van der Waals surface area contributed by atoms with E-state index in [0.29, 0.717) is 13.1 Å². The van der Waals surface area contributed by atoms with Crippen LogP contribution < -0.4 is 10.2 Å². The van der Waals surface area contributed by atoms with Gasteiger partial charge in [0, 0.05) is 23.2 Å². The number of aryl methyl sites for hydroxylation is 1. The van der Waals surface area contributed by atoms with Gasteiger partial charge in [0.25, 0.3) is 0 Å². The molecule has 1 aromatic rings. The van der Waals surface area contributed by atoms with Gasteiger partial charge in [-0.25, -0.2) is 0 Å². The molecule has 0 fully saturated rings. The number of anilines is 1. The number of hydrogen-bond acceptors (Lipinski definition) is 2. The van der Waals surface area contributed by atoms with Crippen molar-refractivity contribution in [1.82, 2.24) is 5.32 Å². The van der Waals surface area contributed by atoms with Crippen molar-refractivity contribution in [3.63, 3.8) is 0 Å². The maximum absolute atomic E-state index is 11.8. The molecular weight excluding hydrogens is 304 g/mol. The van der Waals surface area contributed by atoms with Gasteiger partial charge in [-0.3, -0.25) is 4.79 Å². The van der Waals surface area contributed by atoms with Gasteiger partial charge in [0.05, 0.1) is 6.54 Å². The molecule has 1 aliphatic rings. The summed E-state index contributed by atoms with van der Waals surface area (Å²) in [6.07, 6.45) is 5.08. The number of nitrogens with one attached hydrogen (secondary N) is 1. The Morgan fingerprint density at radius 1 is 1.47 bits per heavy atom. The third kappa shape index (κ3) is 3.83. The Balaban J connectivity index is 2.13. The highest BCUT2D eigenvalue weighted by Gasteiger charge is 2.17. The van der Waals surface area contributed by atoms with E-state index in [2.05, 4.69) is 44.9 Å². The van der Waals surface area contributed by atoms with E-state index in [1.165, 1.54) is 17.7 Å². The first-order valence-corrected chi connectivity index (χ1v) is 7.41. The van der Waals surface area contributed by atoms with Crippen molar-refractivity contribution in [3.05, 3.63) is 40.9 Å². The first-order chi connectivity index (χ1) is 9.20. The molecule has 3 nitrogen and oxygen atoms in total. The van der Waals surface area contributed by atoms with Crippen LogP contribution in [0.3, 0.4) is 0 Å². The van der Waals surface area contributed by atoms with Crippen LogP contribution >= 0.6 is 15.9 Å². The van der Waals surface area contributed by atoms with Crippen LogP contribution in [-0.4, -0.2) is 25.5 Å². The fraction of sp³-hybridized carbons (Fsp3) is 0.400. The summed E-state index contributed by atoms with van der Waals surface area (Å²) in [5.41, 5.74) is 2.51. The first-order valence-electron chi connectivity index (χ1n) is 6.61. The molecule has 1 aliphatic heterocycles. The van der Waals surface area contributed by atoms with Crippen molar-refractivity contribution in [2.24, 2.45) is 0 Å². The molecule has 2 rings (SSSR count). The molecule has 19 heavy (non-hydrogen) atoms. The van der Waals surface area contributed by atoms with Gasteiger partial charge in [0.1, 0.15) is 0 Å². The van der Waals surface area contributed by atoms with Crippen LogP contribution in [0.5, 0.6) is 0 Å². The number of amides is 1. The number of benzene rings is 1. The van der Waals surface area contributed by atoms with Crippen LogP contribution in [0.2, 0.25) is 0 Å². The number of hydrogen-bond donors (Lipinski definition) is 1. The van der Waals surface area contributed by atoms with E-state index in [1.54, 1.807) is 6.08 Å². The monoisotopic (exact) mass is 322 g/mol. The number of carbonyl (C=O) groups is 1. The Morgan fingerprint density at radius 3 is 3.11 bits per heavy atom. The normalized spacial score (nSPS) is 14.5. The zero-order valence-corrected chi connectivity index (χ0v) is 12.6. The van der Waals surface area contributed by atoms with Gasteiger partial charge in [-0.1, -0.05) is 22.0 Å². The summed E-state index contributed by atoms with van der Waals surface area (Å²) in [4.78, 5) is 14.0. The van der Waals surface area contributed by atoms with Crippen LogP contribution in [0.25, 0.3) is 0 Å². The second-order valence-electron chi connectivity index (χ2n) is 4.74. The average Bonchev–Trinajstić information content (AvgIpc) is 2.58. The highest BCUT2D eigenvalue weighted by Crippen LogP contribution is 2.28. The molecule has 1 amide bonds. The summed E-state index contributed by atoms with van der Waals surface area (Å²) in [5, 5.41) is 2.83. The van der Waals surface area contributed by atoms with Crippen LogP contribution in [0.15, 0.2) is 35.3 Å². The Morgan fingerprint density at radius 2 is 2.32 bits per heavy atom. The minimum Gasteiger partial charge on any atom is -0.362 e. The van der Waals surface area contributed by atoms with Crippen LogP contribution in [0.1, 0.15) is 18.4 Å². The van der Waals surface area contributed by atoms with Crippen LogP contribution in [-0.2, 0) is 11.2 Å². The van der Waals surface area contributed by atoms with Gasteiger partial charge in [-0.05, 0) is 43.0 Å². The number of fused-ring (bicyclic) bond motifs is 1. The highest BCUT2D eigenvalue weighted by molar-refractivity contribution is 9.10. The fourth-order valence-corrected chi connectivity index (χ4v) is 2.79. The molecule has 0 saturated carbocycles. The maximum atomic E-state index is 11.8. The standard InChI is InChI=1S/C15H19BrN2O/c1-2-8-17-15(19)11-18-9-4-3-5-12-10-13(16)6-7-14(12)18/h2,6-7,10H,1,3-5,8-9,11H2,(H,17,19). The molecule has 0 radical (unpaired) electrons. The minimum atomic E-state index is 0.0515. The lowest BCUT2D eigenvalue weighted by Gasteiger charge is -2.24. The third-order valence-corrected chi connectivity index (χ3v) is 3.78. The smallest absolute Gasteiger partial charge is 0.239 e. The van der Waals surface area contributed by atoms with Gasteiger partial charge < -0.3 is 10.2 Å². The quantitative estimate of drug-likeness (QED) is 0.864. The van der Waals surface area contributed by atoms with Gasteiger partial charge in [0.2, 0.25) is 5.91 Å². The summed E-state index contributed by atoms with van der Waals surface area (Å²) in [6.45, 7) is 5.49. The molecule has 1 N–H and O–H groups in total. The summed E-state index contributed by atoms with van der Waals surface area (Å²) < 4.78 is 1.10. The van der Waals surface area contributed by atoms with E-state index in [4.69, 9.17) is 0 Å². The number of nitrogens with zero attached hydrogens (tertiary/aromatic N) is 1. The largest absolute Gasteiger partial charge is 0.362 e. The Kier molecular flexibility index (Phi) is 5.02. The second-order valence-corrected chi connectivity index (χ2v) is 5.66. The van der Waals surface area contributed by atoms with E-state index in [1.807, 2.05) is 6.07 Å². The Labute approximate surface area is 122 Å².